The molecule has 4 aromatic rings. The molecule has 1 spiro atoms. The highest BCUT2D eigenvalue weighted by molar-refractivity contribution is 6.18. The smallest absolute Gasteiger partial charge is 0.147 e. The van der Waals surface area contributed by atoms with Gasteiger partial charge in [0, 0.05) is 6.42 Å². The Hall–Kier alpha value is -3.71. The summed E-state index contributed by atoms with van der Waals surface area (Å²) in [7, 11) is 0. The van der Waals surface area contributed by atoms with Crippen LogP contribution in [-0.4, -0.2) is 5.78 Å². The first-order valence-electron chi connectivity index (χ1n) is 11.4. The predicted octanol–water partition coefficient (Wildman–Crippen LogP) is 7.32. The average Bonchev–Trinajstić information content (AvgIpc) is 3.39. The maximum absolute atomic E-state index is 13.6. The van der Waals surface area contributed by atoms with Crippen LogP contribution in [-0.2, 0) is 10.2 Å². The fraction of sp³-hybridized carbons (Fsp3) is 0.129. The van der Waals surface area contributed by atoms with Crippen molar-refractivity contribution in [3.8, 4) is 11.1 Å². The van der Waals surface area contributed by atoms with E-state index in [9.17, 15) is 4.79 Å². The number of fused-ring (bicyclic) bond motifs is 2. The number of hydrogen-bond acceptors (Lipinski definition) is 1. The predicted molar refractivity (Wildman–Crippen MR) is 131 cm³/mol. The van der Waals surface area contributed by atoms with E-state index in [0.29, 0.717) is 12.2 Å². The summed E-state index contributed by atoms with van der Waals surface area (Å²) >= 11 is 0. The molecule has 1 nitrogen and oxygen atoms in total. The lowest BCUT2D eigenvalue weighted by Gasteiger charge is -2.28. The van der Waals surface area contributed by atoms with Crippen LogP contribution in [0.1, 0.15) is 41.5 Å². The molecule has 0 N–H and O–H groups in total. The highest BCUT2D eigenvalue weighted by Crippen LogP contribution is 2.59. The Bertz CT molecular complexity index is 1330. The Kier molecular flexibility index (Phi) is 4.43. The highest BCUT2D eigenvalue weighted by Gasteiger charge is 2.53. The number of carbonyl (C=O) groups is 1. The van der Waals surface area contributed by atoms with Crippen LogP contribution in [0.3, 0.4) is 0 Å². The first kappa shape index (κ1) is 19.0. The monoisotopic (exact) mass is 412 g/mol. The van der Waals surface area contributed by atoms with Crippen LogP contribution in [0.2, 0.25) is 0 Å². The third-order valence-corrected chi connectivity index (χ3v) is 7.09. The minimum atomic E-state index is -0.545. The quantitative estimate of drug-likeness (QED) is 0.345. The molecule has 32 heavy (non-hydrogen) atoms. The van der Waals surface area contributed by atoms with Crippen molar-refractivity contribution in [1.29, 1.82) is 0 Å². The second-order valence-corrected chi connectivity index (χ2v) is 8.79. The van der Waals surface area contributed by atoms with Crippen molar-refractivity contribution in [2.75, 3.05) is 0 Å². The summed E-state index contributed by atoms with van der Waals surface area (Å²) in [5.41, 5.74) is 8.94. The second-order valence-electron chi connectivity index (χ2n) is 8.79. The van der Waals surface area contributed by atoms with Gasteiger partial charge in [0.05, 0.1) is 5.41 Å². The molecule has 0 heterocycles. The number of hydrogen-bond donors (Lipinski definition) is 0. The van der Waals surface area contributed by atoms with Gasteiger partial charge < -0.3 is 0 Å². The third-order valence-electron chi connectivity index (χ3n) is 7.09. The number of allylic oxidation sites excluding steroid dienone is 1. The highest BCUT2D eigenvalue weighted by atomic mass is 16.1. The van der Waals surface area contributed by atoms with E-state index in [-0.39, 0.29) is 0 Å². The molecule has 0 saturated heterocycles. The summed E-state index contributed by atoms with van der Waals surface area (Å²) < 4.78 is 0. The lowest BCUT2D eigenvalue weighted by Crippen LogP contribution is -2.30. The van der Waals surface area contributed by atoms with Gasteiger partial charge in [0.1, 0.15) is 5.78 Å². The molecular weight excluding hydrogens is 388 g/mol. The van der Waals surface area contributed by atoms with Gasteiger partial charge in [-0.05, 0) is 63.4 Å². The molecule has 154 valence electrons. The van der Waals surface area contributed by atoms with Crippen molar-refractivity contribution < 1.29 is 4.79 Å². The fourth-order valence-electron chi connectivity index (χ4n) is 5.73. The summed E-state index contributed by atoms with van der Waals surface area (Å²) in [5, 5.41) is 0. The van der Waals surface area contributed by atoms with Gasteiger partial charge in [0.25, 0.3) is 0 Å². The zero-order chi connectivity index (χ0) is 21.5. The first-order valence-corrected chi connectivity index (χ1v) is 11.4. The largest absolute Gasteiger partial charge is 0.298 e. The van der Waals surface area contributed by atoms with Crippen LogP contribution >= 0.6 is 0 Å². The van der Waals surface area contributed by atoms with E-state index in [4.69, 9.17) is 0 Å². The van der Waals surface area contributed by atoms with Crippen LogP contribution < -0.4 is 0 Å². The van der Waals surface area contributed by atoms with Gasteiger partial charge in [-0.25, -0.2) is 0 Å². The lowest BCUT2D eigenvalue weighted by atomic mass is 9.72. The Labute approximate surface area is 189 Å². The lowest BCUT2D eigenvalue weighted by molar-refractivity contribution is -0.120. The van der Waals surface area contributed by atoms with Crippen molar-refractivity contribution in [2.24, 2.45) is 0 Å². The molecule has 0 bridgehead atoms. The Morgan fingerprint density at radius 1 is 0.594 bits per heavy atom. The topological polar surface area (TPSA) is 17.1 Å². The molecule has 0 aromatic heterocycles. The van der Waals surface area contributed by atoms with Crippen molar-refractivity contribution >= 4 is 16.9 Å². The minimum absolute atomic E-state index is 0.357. The molecule has 1 heteroatoms. The third kappa shape index (κ3) is 2.74. The maximum Gasteiger partial charge on any atom is 0.147 e. The number of Topliss-reactive ketones (excluding diaryl/α,β-unsaturated/α-hetero) is 1. The minimum Gasteiger partial charge on any atom is -0.298 e. The molecule has 0 unspecified atom stereocenters. The van der Waals surface area contributed by atoms with Crippen LogP contribution in [0, 0.1) is 0 Å². The number of ketones is 1. The maximum atomic E-state index is 13.6. The molecule has 2 aliphatic carbocycles. The molecule has 1 fully saturated rings. The number of carbonyl (C=O) groups excluding carboxylic acids is 1. The zero-order valence-electron chi connectivity index (χ0n) is 17.9. The molecule has 0 radical (unpaired) electrons. The van der Waals surface area contributed by atoms with Crippen LogP contribution in [0.4, 0.5) is 0 Å². The van der Waals surface area contributed by atoms with Crippen molar-refractivity contribution in [2.45, 2.75) is 24.7 Å². The molecule has 2 aliphatic rings. The van der Waals surface area contributed by atoms with Crippen LogP contribution in [0.5, 0.6) is 0 Å². The number of benzene rings is 4. The average molecular weight is 413 g/mol. The SMILES string of the molecule is O=C1CCC[C@@]12C(c1ccccc1)=C(c1ccccc1)c1cc(-c3ccccc3)ccc12. The van der Waals surface area contributed by atoms with E-state index >= 15 is 0 Å². The Morgan fingerprint density at radius 2 is 1.19 bits per heavy atom. The van der Waals surface area contributed by atoms with Gasteiger partial charge in [-0.15, -0.1) is 0 Å². The Balaban J connectivity index is 1.71. The summed E-state index contributed by atoms with van der Waals surface area (Å²) in [5.74, 6) is 0.357. The standard InChI is InChI=1S/C31H24O/c32-28-17-10-20-31(28)27-19-18-25(22-11-4-1-5-12-22)21-26(27)29(23-13-6-2-7-14-23)30(31)24-15-8-3-9-16-24/h1-9,11-16,18-19,21H,10,17,20H2/t31-/m0/s1. The first-order chi connectivity index (χ1) is 15.8. The second kappa shape index (κ2) is 7.46. The fourth-order valence-corrected chi connectivity index (χ4v) is 5.73. The molecule has 0 aliphatic heterocycles. The summed E-state index contributed by atoms with van der Waals surface area (Å²) in [6.07, 6.45) is 2.47. The van der Waals surface area contributed by atoms with Gasteiger partial charge >= 0.3 is 0 Å². The summed E-state index contributed by atoms with van der Waals surface area (Å²) in [6, 6.07) is 38.3. The van der Waals surface area contributed by atoms with Gasteiger partial charge in [-0.2, -0.15) is 0 Å². The van der Waals surface area contributed by atoms with Gasteiger partial charge in [-0.3, -0.25) is 4.79 Å². The molecule has 0 amide bonds. The van der Waals surface area contributed by atoms with Crippen LogP contribution in [0.15, 0.2) is 109 Å². The molecule has 1 saturated carbocycles. The molecule has 1 atom stereocenters. The van der Waals surface area contributed by atoms with E-state index in [2.05, 4.69) is 97.1 Å². The van der Waals surface area contributed by atoms with Gasteiger partial charge in [0.2, 0.25) is 0 Å². The van der Waals surface area contributed by atoms with E-state index in [1.807, 2.05) is 12.1 Å². The van der Waals surface area contributed by atoms with E-state index < -0.39 is 5.41 Å². The number of rotatable bonds is 3. The van der Waals surface area contributed by atoms with Crippen molar-refractivity contribution in [1.82, 2.24) is 0 Å². The van der Waals surface area contributed by atoms with E-state index in [0.717, 1.165) is 18.4 Å². The summed E-state index contributed by atoms with van der Waals surface area (Å²) in [4.78, 5) is 13.6. The molecular formula is C31H24O. The van der Waals surface area contributed by atoms with Gasteiger partial charge in [-0.1, -0.05) is 103 Å². The Morgan fingerprint density at radius 3 is 1.78 bits per heavy atom. The van der Waals surface area contributed by atoms with E-state index in [1.165, 1.54) is 39.0 Å². The molecule has 4 aromatic carbocycles. The van der Waals surface area contributed by atoms with Crippen molar-refractivity contribution in [3.05, 3.63) is 131 Å². The van der Waals surface area contributed by atoms with Crippen molar-refractivity contribution in [3.63, 3.8) is 0 Å². The normalized spacial score (nSPS) is 19.6. The zero-order valence-corrected chi connectivity index (χ0v) is 17.9. The van der Waals surface area contributed by atoms with E-state index in [1.54, 1.807) is 0 Å². The van der Waals surface area contributed by atoms with Gasteiger partial charge in [0.15, 0.2) is 0 Å². The summed E-state index contributed by atoms with van der Waals surface area (Å²) in [6.45, 7) is 0. The van der Waals surface area contributed by atoms with Crippen LogP contribution in [0.25, 0.3) is 22.3 Å². The molecule has 6 rings (SSSR count).